The zero-order valence-corrected chi connectivity index (χ0v) is 6.73. The predicted octanol–water partition coefficient (Wildman–Crippen LogP) is -0.897. The summed E-state index contributed by atoms with van der Waals surface area (Å²) in [5.41, 5.74) is -0.859. The van der Waals surface area contributed by atoms with E-state index in [0.29, 0.717) is 0 Å². The van der Waals surface area contributed by atoms with E-state index < -0.39 is 5.60 Å². The van der Waals surface area contributed by atoms with Gasteiger partial charge in [0.05, 0.1) is 19.8 Å². The smallest absolute Gasteiger partial charge is 0.235 e. The van der Waals surface area contributed by atoms with Crippen molar-refractivity contribution < 1.29 is 14.6 Å². The van der Waals surface area contributed by atoms with Gasteiger partial charge in [-0.1, -0.05) is 0 Å². The largest absolute Gasteiger partial charge is 0.383 e. The Kier molecular flexibility index (Phi) is 2.70. The van der Waals surface area contributed by atoms with Crippen LogP contribution in [-0.4, -0.2) is 42.3 Å². The van der Waals surface area contributed by atoms with Crippen LogP contribution in [0, 0.1) is 0 Å². The Hall–Kier alpha value is -0.320. The predicted molar refractivity (Wildman–Crippen MR) is 39.5 cm³/mol. The lowest BCUT2D eigenvalue weighted by molar-refractivity contribution is -0.175. The molecule has 5 heteroatoms. The Morgan fingerprint density at radius 3 is 2.73 bits per heavy atom. The first-order chi connectivity index (χ1) is 5.16. The molecule has 0 unspecified atom stereocenters. The molecular formula is C6H10ClNO3. The molecule has 2 N–H and O–H groups in total. The molecule has 0 saturated carbocycles. The number of nitrogens with one attached hydrogen (secondary N) is 1. The highest BCUT2D eigenvalue weighted by Crippen LogP contribution is 2.14. The van der Waals surface area contributed by atoms with E-state index in [1.54, 1.807) is 0 Å². The van der Waals surface area contributed by atoms with E-state index in [0.717, 1.165) is 0 Å². The van der Waals surface area contributed by atoms with Gasteiger partial charge in [0.1, 0.15) is 11.5 Å². The number of rotatable bonds is 3. The number of amides is 1. The molecule has 0 aromatic rings. The molecule has 11 heavy (non-hydrogen) atoms. The molecule has 4 nitrogen and oxygen atoms in total. The van der Waals surface area contributed by atoms with Crippen LogP contribution in [-0.2, 0) is 9.53 Å². The number of carbonyl (C=O) groups is 1. The molecule has 1 aliphatic rings. The van der Waals surface area contributed by atoms with E-state index in [1.165, 1.54) is 0 Å². The van der Waals surface area contributed by atoms with Crippen molar-refractivity contribution >= 4 is 17.5 Å². The van der Waals surface area contributed by atoms with E-state index in [2.05, 4.69) is 5.32 Å². The summed E-state index contributed by atoms with van der Waals surface area (Å²) in [5.74, 6) is -0.344. The average molecular weight is 180 g/mol. The Labute approximate surface area is 69.5 Å². The highest BCUT2D eigenvalue weighted by Gasteiger charge is 2.36. The van der Waals surface area contributed by atoms with E-state index in [1.807, 2.05) is 0 Å². The first kappa shape index (κ1) is 8.77. The van der Waals surface area contributed by atoms with Gasteiger partial charge in [-0.15, -0.1) is 11.6 Å². The second kappa shape index (κ2) is 3.38. The van der Waals surface area contributed by atoms with Crippen LogP contribution in [0.5, 0.6) is 0 Å². The summed E-state index contributed by atoms with van der Waals surface area (Å²) in [5, 5.41) is 11.8. The molecule has 1 amide bonds. The molecule has 64 valence electrons. The number of hydrogen-bond acceptors (Lipinski definition) is 3. The minimum atomic E-state index is -0.859. The average Bonchev–Trinajstić information content (AvgIpc) is 1.96. The first-order valence-corrected chi connectivity index (χ1v) is 3.82. The van der Waals surface area contributed by atoms with Crippen molar-refractivity contribution in [3.05, 3.63) is 0 Å². The lowest BCUT2D eigenvalue weighted by Gasteiger charge is -2.36. The molecule has 1 saturated heterocycles. The molecule has 0 spiro atoms. The zero-order valence-electron chi connectivity index (χ0n) is 5.97. The normalized spacial score (nSPS) is 20.5. The summed E-state index contributed by atoms with van der Waals surface area (Å²) in [7, 11) is 0. The molecule has 0 radical (unpaired) electrons. The van der Waals surface area contributed by atoms with Crippen molar-refractivity contribution in [2.45, 2.75) is 5.60 Å². The number of alkyl halides is 1. The third-order valence-corrected chi connectivity index (χ3v) is 1.72. The van der Waals surface area contributed by atoms with Gasteiger partial charge in [0.15, 0.2) is 0 Å². The fourth-order valence-electron chi connectivity index (χ4n) is 0.750. The molecule has 1 fully saturated rings. The fourth-order valence-corrected chi connectivity index (χ4v) is 0.845. The molecule has 0 aromatic heterocycles. The second-order valence-corrected chi connectivity index (χ2v) is 2.89. The Morgan fingerprint density at radius 2 is 2.36 bits per heavy atom. The van der Waals surface area contributed by atoms with Crippen LogP contribution in [0.2, 0.25) is 0 Å². The fraction of sp³-hybridized carbons (Fsp3) is 0.833. The summed E-state index contributed by atoms with van der Waals surface area (Å²) in [6.07, 6.45) is 0. The van der Waals surface area contributed by atoms with Gasteiger partial charge in [-0.3, -0.25) is 4.79 Å². The van der Waals surface area contributed by atoms with Gasteiger partial charge >= 0.3 is 0 Å². The van der Waals surface area contributed by atoms with Crippen molar-refractivity contribution in [2.75, 3.05) is 25.6 Å². The van der Waals surface area contributed by atoms with Crippen molar-refractivity contribution in [1.29, 1.82) is 0 Å². The van der Waals surface area contributed by atoms with E-state index in [-0.39, 0.29) is 31.5 Å². The van der Waals surface area contributed by atoms with Crippen LogP contribution in [0.4, 0.5) is 0 Å². The van der Waals surface area contributed by atoms with Crippen LogP contribution in [0.3, 0.4) is 0 Å². The number of carbonyl (C=O) groups excluding carboxylic acids is 1. The molecule has 0 aliphatic carbocycles. The maximum atomic E-state index is 10.6. The lowest BCUT2D eigenvalue weighted by atomic mass is 10.0. The molecule has 1 rings (SSSR count). The third-order valence-electron chi connectivity index (χ3n) is 1.48. The summed E-state index contributed by atoms with van der Waals surface area (Å²) in [6, 6.07) is 0. The Bertz CT molecular complexity index is 158. The van der Waals surface area contributed by atoms with Gasteiger partial charge in [0.2, 0.25) is 5.91 Å². The van der Waals surface area contributed by atoms with Crippen molar-refractivity contribution in [3.8, 4) is 0 Å². The van der Waals surface area contributed by atoms with Crippen molar-refractivity contribution in [2.24, 2.45) is 0 Å². The number of hydrogen-bond donors (Lipinski definition) is 2. The minimum Gasteiger partial charge on any atom is -0.383 e. The molecule has 0 atom stereocenters. The maximum Gasteiger partial charge on any atom is 0.235 e. The zero-order chi connectivity index (χ0) is 8.32. The van der Waals surface area contributed by atoms with Gasteiger partial charge in [-0.05, 0) is 0 Å². The first-order valence-electron chi connectivity index (χ1n) is 3.29. The highest BCUT2D eigenvalue weighted by atomic mass is 35.5. The van der Waals surface area contributed by atoms with E-state index >= 15 is 0 Å². The Morgan fingerprint density at radius 1 is 1.73 bits per heavy atom. The molecule has 0 bridgehead atoms. The highest BCUT2D eigenvalue weighted by molar-refractivity contribution is 6.27. The van der Waals surface area contributed by atoms with Crippen LogP contribution < -0.4 is 5.32 Å². The standard InChI is InChI=1S/C6H10ClNO3/c7-1-5(9)8-2-6(10)3-11-4-6/h10H,1-4H2,(H,8,9). The van der Waals surface area contributed by atoms with Crippen LogP contribution in [0.1, 0.15) is 0 Å². The topological polar surface area (TPSA) is 58.6 Å². The second-order valence-electron chi connectivity index (χ2n) is 2.63. The van der Waals surface area contributed by atoms with Crippen molar-refractivity contribution in [1.82, 2.24) is 5.32 Å². The SMILES string of the molecule is O=C(CCl)NCC1(O)COC1. The quantitative estimate of drug-likeness (QED) is 0.553. The number of halogens is 1. The Balaban J connectivity index is 2.16. The van der Waals surface area contributed by atoms with Gasteiger partial charge in [0, 0.05) is 0 Å². The number of ether oxygens (including phenoxy) is 1. The summed E-state index contributed by atoms with van der Waals surface area (Å²) >= 11 is 5.22. The van der Waals surface area contributed by atoms with Crippen LogP contribution in [0.15, 0.2) is 0 Å². The maximum absolute atomic E-state index is 10.6. The molecule has 0 aromatic carbocycles. The molecular weight excluding hydrogens is 170 g/mol. The summed E-state index contributed by atoms with van der Waals surface area (Å²) in [6.45, 7) is 0.795. The van der Waals surface area contributed by atoms with E-state index in [4.69, 9.17) is 16.3 Å². The molecule has 1 heterocycles. The van der Waals surface area contributed by atoms with Gasteiger partial charge in [-0.25, -0.2) is 0 Å². The molecule has 1 aliphatic heterocycles. The van der Waals surface area contributed by atoms with Gasteiger partial charge in [0.25, 0.3) is 0 Å². The summed E-state index contributed by atoms with van der Waals surface area (Å²) in [4.78, 5) is 10.6. The minimum absolute atomic E-state index is 0.0725. The lowest BCUT2D eigenvalue weighted by Crippen LogP contribution is -2.57. The van der Waals surface area contributed by atoms with Crippen LogP contribution in [0.25, 0.3) is 0 Å². The van der Waals surface area contributed by atoms with E-state index in [9.17, 15) is 9.90 Å². The van der Waals surface area contributed by atoms with Crippen molar-refractivity contribution in [3.63, 3.8) is 0 Å². The van der Waals surface area contributed by atoms with Gasteiger partial charge in [-0.2, -0.15) is 0 Å². The summed E-state index contributed by atoms with van der Waals surface area (Å²) < 4.78 is 4.77. The third kappa shape index (κ3) is 2.32. The number of aliphatic hydroxyl groups is 1. The van der Waals surface area contributed by atoms with Gasteiger partial charge < -0.3 is 15.2 Å². The monoisotopic (exact) mass is 179 g/mol. The van der Waals surface area contributed by atoms with Crippen LogP contribution >= 0.6 is 11.6 Å².